The second-order valence-electron chi connectivity index (χ2n) is 5.25. The lowest BCUT2D eigenvalue weighted by Crippen LogP contribution is -2.37. The lowest BCUT2D eigenvalue weighted by molar-refractivity contribution is 0.0956. The minimum atomic E-state index is -0.440. The van der Waals surface area contributed by atoms with Crippen LogP contribution in [0.15, 0.2) is 54.6 Å². The highest BCUT2D eigenvalue weighted by Gasteiger charge is 2.44. The number of amides is 1. The topological polar surface area (TPSA) is 29.1 Å². The van der Waals surface area contributed by atoms with Crippen molar-refractivity contribution in [3.05, 3.63) is 71.3 Å². The number of hydrogen-bond donors (Lipinski definition) is 1. The molecule has 21 heavy (non-hydrogen) atoms. The first-order chi connectivity index (χ1) is 10.3. The monoisotopic (exact) mass is 297 g/mol. The maximum absolute atomic E-state index is 12.4. The predicted molar refractivity (Wildman–Crippen MR) is 88.5 cm³/mol. The molecule has 1 atom stereocenters. The van der Waals surface area contributed by atoms with E-state index < -0.39 is 4.87 Å². The summed E-state index contributed by atoms with van der Waals surface area (Å²) in [5.41, 5.74) is 3.03. The maximum Gasteiger partial charge on any atom is 0.253 e. The van der Waals surface area contributed by atoms with E-state index in [1.165, 1.54) is 0 Å². The molecule has 2 aromatic carbocycles. The number of carbonyl (C=O) groups excluding carboxylic acids is 1. The van der Waals surface area contributed by atoms with Crippen LogP contribution in [0.3, 0.4) is 0 Å². The van der Waals surface area contributed by atoms with E-state index in [4.69, 9.17) is 0 Å². The lowest BCUT2D eigenvalue weighted by atomic mass is 9.98. The summed E-state index contributed by atoms with van der Waals surface area (Å²) in [6, 6.07) is 18.2. The Kier molecular flexibility index (Phi) is 4.02. The Labute approximate surface area is 130 Å². The van der Waals surface area contributed by atoms with E-state index in [0.29, 0.717) is 0 Å². The first kappa shape index (κ1) is 14.2. The van der Waals surface area contributed by atoms with Crippen molar-refractivity contribution in [1.82, 2.24) is 5.32 Å². The van der Waals surface area contributed by atoms with Gasteiger partial charge in [0.25, 0.3) is 5.91 Å². The average Bonchev–Trinajstić information content (AvgIpc) is 2.83. The molecule has 1 aliphatic heterocycles. The van der Waals surface area contributed by atoms with Gasteiger partial charge in [-0.15, -0.1) is 11.8 Å². The molecule has 1 N–H and O–H groups in total. The fraction of sp³-hybridized carbons (Fsp3) is 0.278. The number of thioether (sulfide) groups is 1. The molecule has 1 heterocycles. The summed E-state index contributed by atoms with van der Waals surface area (Å²) in [6.07, 6.45) is 2.31. The average molecular weight is 297 g/mol. The molecule has 0 fully saturated rings. The smallest absolute Gasteiger partial charge is 0.253 e. The standard InChI is InChI=1S/C18H19NOS/c1-2-3-13-21-18(14-9-5-4-6-10-14)16-12-8-7-11-15(16)17(20)19-18/h4-12H,2-3,13H2,1H3,(H,19,20)/t18-/m1/s1. The van der Waals surface area contributed by atoms with Crippen molar-refractivity contribution >= 4 is 17.7 Å². The third-order valence-corrected chi connectivity index (χ3v) is 5.32. The summed E-state index contributed by atoms with van der Waals surface area (Å²) in [6.45, 7) is 2.19. The van der Waals surface area contributed by atoms with Gasteiger partial charge in [-0.1, -0.05) is 61.9 Å². The fourth-order valence-corrected chi connectivity index (χ4v) is 4.29. The molecule has 1 aliphatic rings. The van der Waals surface area contributed by atoms with Gasteiger partial charge >= 0.3 is 0 Å². The van der Waals surface area contributed by atoms with Gasteiger partial charge in [0, 0.05) is 11.1 Å². The molecule has 0 spiro atoms. The fourth-order valence-electron chi connectivity index (χ4n) is 2.75. The van der Waals surface area contributed by atoms with Crippen molar-refractivity contribution < 1.29 is 4.79 Å². The van der Waals surface area contributed by atoms with Crippen LogP contribution in [0.5, 0.6) is 0 Å². The Balaban J connectivity index is 2.08. The summed E-state index contributed by atoms with van der Waals surface area (Å²) in [5, 5.41) is 3.23. The highest BCUT2D eigenvalue weighted by Crippen LogP contribution is 2.45. The highest BCUT2D eigenvalue weighted by molar-refractivity contribution is 8.00. The van der Waals surface area contributed by atoms with Gasteiger partial charge in [0.15, 0.2) is 0 Å². The van der Waals surface area contributed by atoms with Gasteiger partial charge in [0.2, 0.25) is 0 Å². The van der Waals surface area contributed by atoms with Crippen LogP contribution in [0.4, 0.5) is 0 Å². The van der Waals surface area contributed by atoms with Crippen LogP contribution in [0.2, 0.25) is 0 Å². The van der Waals surface area contributed by atoms with Gasteiger partial charge in [-0.2, -0.15) is 0 Å². The molecule has 0 aliphatic carbocycles. The van der Waals surface area contributed by atoms with E-state index in [1.807, 2.05) is 48.2 Å². The number of fused-ring (bicyclic) bond motifs is 1. The molecule has 3 rings (SSSR count). The van der Waals surface area contributed by atoms with E-state index in [-0.39, 0.29) is 5.91 Å². The van der Waals surface area contributed by atoms with E-state index in [0.717, 1.165) is 35.3 Å². The van der Waals surface area contributed by atoms with Gasteiger partial charge in [0.05, 0.1) is 0 Å². The molecule has 3 heteroatoms. The first-order valence-corrected chi connectivity index (χ1v) is 8.38. The second-order valence-corrected chi connectivity index (χ2v) is 6.56. The number of unbranched alkanes of at least 4 members (excludes halogenated alkanes) is 1. The zero-order valence-corrected chi connectivity index (χ0v) is 13.0. The highest BCUT2D eigenvalue weighted by atomic mass is 32.2. The van der Waals surface area contributed by atoms with Gasteiger partial charge < -0.3 is 5.32 Å². The number of hydrogen-bond acceptors (Lipinski definition) is 2. The number of rotatable bonds is 5. The molecule has 2 aromatic rings. The molecular weight excluding hydrogens is 278 g/mol. The zero-order valence-electron chi connectivity index (χ0n) is 12.1. The largest absolute Gasteiger partial charge is 0.330 e. The summed E-state index contributed by atoms with van der Waals surface area (Å²) in [7, 11) is 0. The van der Waals surface area contributed by atoms with Crippen LogP contribution in [0.25, 0.3) is 0 Å². The van der Waals surface area contributed by atoms with Crippen LogP contribution in [-0.4, -0.2) is 11.7 Å². The minimum Gasteiger partial charge on any atom is -0.330 e. The minimum absolute atomic E-state index is 0.0263. The van der Waals surface area contributed by atoms with Gasteiger partial charge in [0.1, 0.15) is 4.87 Å². The summed E-state index contributed by atoms with van der Waals surface area (Å²) in [5.74, 6) is 1.05. The predicted octanol–water partition coefficient (Wildman–Crippen LogP) is 4.16. The normalized spacial score (nSPS) is 20.1. The van der Waals surface area contributed by atoms with Gasteiger partial charge in [-0.3, -0.25) is 4.79 Å². The van der Waals surface area contributed by atoms with E-state index in [1.54, 1.807) is 0 Å². The van der Waals surface area contributed by atoms with Crippen LogP contribution >= 0.6 is 11.8 Å². The molecule has 0 bridgehead atoms. The Morgan fingerprint density at radius 2 is 1.76 bits per heavy atom. The van der Waals surface area contributed by atoms with Crippen molar-refractivity contribution in [2.75, 3.05) is 5.75 Å². The van der Waals surface area contributed by atoms with E-state index >= 15 is 0 Å². The van der Waals surface area contributed by atoms with Crippen molar-refractivity contribution in [2.24, 2.45) is 0 Å². The molecule has 0 saturated heterocycles. The van der Waals surface area contributed by atoms with Crippen molar-refractivity contribution in [3.63, 3.8) is 0 Å². The molecule has 0 aromatic heterocycles. The Morgan fingerprint density at radius 3 is 2.52 bits per heavy atom. The number of benzene rings is 2. The van der Waals surface area contributed by atoms with E-state index in [2.05, 4.69) is 30.4 Å². The lowest BCUT2D eigenvalue weighted by Gasteiger charge is -2.30. The van der Waals surface area contributed by atoms with E-state index in [9.17, 15) is 4.79 Å². The maximum atomic E-state index is 12.4. The second kappa shape index (κ2) is 5.94. The summed E-state index contributed by atoms with van der Waals surface area (Å²) in [4.78, 5) is 11.9. The number of carbonyl (C=O) groups is 1. The molecule has 0 saturated carbocycles. The van der Waals surface area contributed by atoms with Crippen LogP contribution in [0, 0.1) is 0 Å². The van der Waals surface area contributed by atoms with Crippen molar-refractivity contribution in [1.29, 1.82) is 0 Å². The van der Waals surface area contributed by atoms with Crippen LogP contribution in [0.1, 0.15) is 41.3 Å². The summed E-state index contributed by atoms with van der Waals surface area (Å²) >= 11 is 1.82. The van der Waals surface area contributed by atoms with Crippen LogP contribution < -0.4 is 5.32 Å². The van der Waals surface area contributed by atoms with Crippen LogP contribution in [-0.2, 0) is 4.87 Å². The molecule has 1 amide bonds. The van der Waals surface area contributed by atoms with Crippen molar-refractivity contribution in [2.45, 2.75) is 24.6 Å². The Hall–Kier alpha value is -1.74. The van der Waals surface area contributed by atoms with Crippen molar-refractivity contribution in [3.8, 4) is 0 Å². The molecule has 2 nitrogen and oxygen atoms in total. The summed E-state index contributed by atoms with van der Waals surface area (Å²) < 4.78 is 0. The molecule has 0 radical (unpaired) electrons. The third-order valence-electron chi connectivity index (χ3n) is 3.84. The molecular formula is C18H19NOS. The third kappa shape index (κ3) is 2.46. The molecule has 0 unspecified atom stereocenters. The van der Waals surface area contributed by atoms with Gasteiger partial charge in [-0.05, 0) is 23.8 Å². The zero-order chi connectivity index (χ0) is 14.7. The molecule has 108 valence electrons. The SMILES string of the molecule is CCCCS[C@@]1(c2ccccc2)NC(=O)c2ccccc21. The first-order valence-electron chi connectivity index (χ1n) is 7.39. The Bertz CT molecular complexity index is 641. The number of nitrogens with one attached hydrogen (secondary N) is 1. The quantitative estimate of drug-likeness (QED) is 0.839. The van der Waals surface area contributed by atoms with Gasteiger partial charge in [-0.25, -0.2) is 0 Å². The Morgan fingerprint density at radius 1 is 1.05 bits per heavy atom.